The summed E-state index contributed by atoms with van der Waals surface area (Å²) < 4.78 is 7.20. The minimum atomic E-state index is 0.207. The molecule has 3 N–H and O–H groups in total. The van der Waals surface area contributed by atoms with Crippen LogP contribution in [0.15, 0.2) is 12.3 Å². The van der Waals surface area contributed by atoms with Crippen LogP contribution in [-0.2, 0) is 16.6 Å². The third kappa shape index (κ3) is 4.62. The number of nitrogens with one attached hydrogen (secondary N) is 3. The van der Waals surface area contributed by atoms with Gasteiger partial charge in [0.2, 0.25) is 11.9 Å². The fourth-order valence-corrected chi connectivity index (χ4v) is 5.91. The van der Waals surface area contributed by atoms with Crippen LogP contribution < -0.4 is 10.6 Å². The van der Waals surface area contributed by atoms with E-state index < -0.39 is 0 Å². The molecule has 3 fully saturated rings. The van der Waals surface area contributed by atoms with Crippen LogP contribution in [0.5, 0.6) is 0 Å². The number of amides is 1. The van der Waals surface area contributed by atoms with E-state index >= 15 is 0 Å². The Hall–Kier alpha value is -3.25. The maximum atomic E-state index is 13.3. The molecule has 0 radical (unpaired) electrons. The predicted octanol–water partition coefficient (Wildman–Crippen LogP) is 1.79. The van der Waals surface area contributed by atoms with Gasteiger partial charge >= 0.3 is 0 Å². The molecule has 0 spiro atoms. The van der Waals surface area contributed by atoms with Crippen LogP contribution in [0.3, 0.4) is 0 Å². The smallest absolute Gasteiger partial charge is 0.237 e. The van der Waals surface area contributed by atoms with Crippen molar-refractivity contribution < 1.29 is 9.53 Å². The number of nitrogens with zero attached hydrogens (tertiary/aromatic N) is 7. The number of carbonyl (C=O) groups is 1. The molecule has 1 unspecified atom stereocenters. The van der Waals surface area contributed by atoms with Crippen molar-refractivity contribution in [3.05, 3.63) is 18.0 Å². The van der Waals surface area contributed by atoms with Gasteiger partial charge in [-0.1, -0.05) is 0 Å². The van der Waals surface area contributed by atoms with Crippen LogP contribution in [-0.4, -0.2) is 96.6 Å². The molecular weight excluding hydrogens is 460 g/mol. The van der Waals surface area contributed by atoms with Crippen molar-refractivity contribution in [1.29, 1.82) is 0 Å². The Bertz CT molecular complexity index is 1220. The maximum absolute atomic E-state index is 13.3. The van der Waals surface area contributed by atoms with Gasteiger partial charge in [-0.25, -0.2) is 0 Å². The molecule has 0 saturated carbocycles. The first kappa shape index (κ1) is 23.2. The molecule has 2 bridgehead atoms. The molecule has 3 aromatic rings. The summed E-state index contributed by atoms with van der Waals surface area (Å²) in [4.78, 5) is 27.3. The van der Waals surface area contributed by atoms with Crippen LogP contribution in [0, 0.1) is 6.92 Å². The standard InChI is InChI=1S/C24H34N10O2/c1-15-10-20(31-30-15)27-22-19-13-25-32(2)23(19)29-24(28-22)26-16-11-17-4-3-5-18(12-16)34(17)21(35)14-33-6-8-36-9-7-33/h10,13,16-18H,3-9,11-12,14H2,1-2H3,(H3,26,27,28,29,30,31)/t16?,17-,18+. The average Bonchev–Trinajstić information content (AvgIpc) is 3.44. The van der Waals surface area contributed by atoms with E-state index in [0.717, 1.165) is 55.5 Å². The zero-order valence-corrected chi connectivity index (χ0v) is 20.9. The van der Waals surface area contributed by atoms with Gasteiger partial charge in [-0.2, -0.15) is 20.2 Å². The first-order valence-corrected chi connectivity index (χ1v) is 12.9. The Morgan fingerprint density at radius 2 is 1.97 bits per heavy atom. The van der Waals surface area contributed by atoms with Gasteiger partial charge in [-0.3, -0.25) is 19.5 Å². The van der Waals surface area contributed by atoms with Gasteiger partial charge in [0, 0.05) is 50.0 Å². The number of aromatic amines is 1. The summed E-state index contributed by atoms with van der Waals surface area (Å²) >= 11 is 0. The Balaban J connectivity index is 1.18. The summed E-state index contributed by atoms with van der Waals surface area (Å²) in [7, 11) is 1.88. The number of carbonyl (C=O) groups excluding carboxylic acids is 1. The van der Waals surface area contributed by atoms with Gasteiger partial charge in [0.05, 0.1) is 31.3 Å². The van der Waals surface area contributed by atoms with E-state index in [9.17, 15) is 4.79 Å². The summed E-state index contributed by atoms with van der Waals surface area (Å²) in [5.74, 6) is 2.19. The van der Waals surface area contributed by atoms with Crippen molar-refractivity contribution in [2.45, 2.75) is 57.2 Å². The summed E-state index contributed by atoms with van der Waals surface area (Å²) in [6, 6.07) is 2.66. The van der Waals surface area contributed by atoms with Crippen molar-refractivity contribution in [2.24, 2.45) is 7.05 Å². The van der Waals surface area contributed by atoms with Crippen LogP contribution >= 0.6 is 0 Å². The van der Waals surface area contributed by atoms with Gasteiger partial charge in [0.25, 0.3) is 0 Å². The van der Waals surface area contributed by atoms with Crippen LogP contribution in [0.25, 0.3) is 11.0 Å². The molecule has 3 aliphatic heterocycles. The average molecular weight is 495 g/mol. The van der Waals surface area contributed by atoms with Gasteiger partial charge < -0.3 is 20.3 Å². The number of aromatic nitrogens is 6. The van der Waals surface area contributed by atoms with E-state index in [0.29, 0.717) is 37.3 Å². The molecule has 0 aromatic carbocycles. The SMILES string of the molecule is Cc1cc(Nc2nc(NC3C[C@H]4CCC[C@@H](C3)N4C(=O)CN3CCOCC3)nc3c2cnn3C)n[nH]1. The molecule has 1 amide bonds. The lowest BCUT2D eigenvalue weighted by Crippen LogP contribution is -2.59. The number of rotatable bonds is 6. The van der Waals surface area contributed by atoms with E-state index in [1.165, 1.54) is 6.42 Å². The number of hydrogen-bond acceptors (Lipinski definition) is 9. The number of morpholine rings is 1. The van der Waals surface area contributed by atoms with Gasteiger partial charge in [0.1, 0.15) is 5.82 Å². The molecule has 3 saturated heterocycles. The normalized spacial score (nSPS) is 24.7. The minimum Gasteiger partial charge on any atom is -0.379 e. The maximum Gasteiger partial charge on any atom is 0.237 e. The Labute approximate surface area is 209 Å². The number of H-pyrrole nitrogens is 1. The van der Waals surface area contributed by atoms with Crippen molar-refractivity contribution in [1.82, 2.24) is 39.7 Å². The molecule has 6 heterocycles. The molecule has 36 heavy (non-hydrogen) atoms. The molecular formula is C24H34N10O2. The Kier molecular flexibility index (Phi) is 6.22. The number of piperidine rings is 2. The zero-order valence-electron chi connectivity index (χ0n) is 20.9. The first-order valence-electron chi connectivity index (χ1n) is 12.9. The Morgan fingerprint density at radius 3 is 2.69 bits per heavy atom. The Morgan fingerprint density at radius 1 is 1.19 bits per heavy atom. The quantitative estimate of drug-likeness (QED) is 0.470. The molecule has 6 rings (SSSR count). The lowest BCUT2D eigenvalue weighted by molar-refractivity contribution is -0.143. The topological polar surface area (TPSA) is 129 Å². The summed E-state index contributed by atoms with van der Waals surface area (Å²) in [5, 5.41) is 19.3. The van der Waals surface area contributed by atoms with Crippen LogP contribution in [0.2, 0.25) is 0 Å². The highest BCUT2D eigenvalue weighted by Gasteiger charge is 2.41. The van der Waals surface area contributed by atoms with Gasteiger partial charge in [-0.05, 0) is 39.0 Å². The molecule has 3 atom stereocenters. The van der Waals surface area contributed by atoms with E-state index in [2.05, 4.69) is 35.7 Å². The van der Waals surface area contributed by atoms with E-state index in [4.69, 9.17) is 14.7 Å². The largest absolute Gasteiger partial charge is 0.379 e. The number of ether oxygens (including phenoxy) is 1. The number of hydrogen-bond donors (Lipinski definition) is 3. The highest BCUT2D eigenvalue weighted by Crippen LogP contribution is 2.35. The second kappa shape index (κ2) is 9.66. The van der Waals surface area contributed by atoms with E-state index in [1.807, 2.05) is 20.0 Å². The zero-order chi connectivity index (χ0) is 24.6. The molecule has 12 heteroatoms. The monoisotopic (exact) mass is 494 g/mol. The van der Waals surface area contributed by atoms with Gasteiger partial charge in [-0.15, -0.1) is 0 Å². The van der Waals surface area contributed by atoms with Crippen LogP contribution in [0.1, 0.15) is 37.8 Å². The van der Waals surface area contributed by atoms with E-state index in [-0.39, 0.29) is 24.0 Å². The highest BCUT2D eigenvalue weighted by molar-refractivity contribution is 5.89. The van der Waals surface area contributed by atoms with Crippen molar-refractivity contribution in [3.63, 3.8) is 0 Å². The second-order valence-electron chi connectivity index (χ2n) is 10.2. The lowest BCUT2D eigenvalue weighted by Gasteiger charge is -2.49. The number of fused-ring (bicyclic) bond motifs is 3. The lowest BCUT2D eigenvalue weighted by atomic mass is 9.81. The number of aryl methyl sites for hydroxylation is 2. The summed E-state index contributed by atoms with van der Waals surface area (Å²) in [6.45, 7) is 5.55. The molecule has 3 aliphatic rings. The third-order valence-electron chi connectivity index (χ3n) is 7.60. The third-order valence-corrected chi connectivity index (χ3v) is 7.60. The molecule has 3 aromatic heterocycles. The predicted molar refractivity (Wildman–Crippen MR) is 135 cm³/mol. The van der Waals surface area contributed by atoms with Crippen molar-refractivity contribution in [3.8, 4) is 0 Å². The molecule has 12 nitrogen and oxygen atoms in total. The van der Waals surface area contributed by atoms with Gasteiger partial charge in [0.15, 0.2) is 11.5 Å². The summed E-state index contributed by atoms with van der Waals surface area (Å²) in [5.41, 5.74) is 1.72. The van der Waals surface area contributed by atoms with Crippen LogP contribution in [0.4, 0.5) is 17.6 Å². The minimum absolute atomic E-state index is 0.207. The second-order valence-corrected chi connectivity index (χ2v) is 10.2. The first-order chi connectivity index (χ1) is 17.5. The van der Waals surface area contributed by atoms with Crippen molar-refractivity contribution in [2.75, 3.05) is 43.5 Å². The molecule has 0 aliphatic carbocycles. The highest BCUT2D eigenvalue weighted by atomic mass is 16.5. The molecule has 192 valence electrons. The fraction of sp³-hybridized carbons (Fsp3) is 0.625. The number of anilines is 3. The van der Waals surface area contributed by atoms with E-state index in [1.54, 1.807) is 10.9 Å². The fourth-order valence-electron chi connectivity index (χ4n) is 5.91. The summed E-state index contributed by atoms with van der Waals surface area (Å²) in [6.07, 6.45) is 6.85. The van der Waals surface area contributed by atoms with Crippen molar-refractivity contribution >= 4 is 34.5 Å².